The number of benzene rings is 1. The molecule has 1 aromatic carbocycles. The molecule has 1 saturated heterocycles. The summed E-state index contributed by atoms with van der Waals surface area (Å²) in [5.74, 6) is 1.82. The van der Waals surface area contributed by atoms with Crippen LogP contribution in [0.1, 0.15) is 30.1 Å². The van der Waals surface area contributed by atoms with E-state index in [0.717, 1.165) is 31.7 Å². The molecule has 1 unspecified atom stereocenters. The number of rotatable bonds is 4. The summed E-state index contributed by atoms with van der Waals surface area (Å²) in [7, 11) is 4.26. The Kier molecular flexibility index (Phi) is 4.27. The van der Waals surface area contributed by atoms with Crippen LogP contribution in [0.3, 0.4) is 0 Å². The Hall–Kier alpha value is -1.39. The third kappa shape index (κ3) is 3.11. The Labute approximate surface area is 127 Å². The molecule has 0 radical (unpaired) electrons. The van der Waals surface area contributed by atoms with Gasteiger partial charge in [-0.05, 0) is 58.1 Å². The van der Waals surface area contributed by atoms with Gasteiger partial charge in [0.15, 0.2) is 0 Å². The summed E-state index contributed by atoms with van der Waals surface area (Å²) in [6.07, 6.45) is 2.50. The fourth-order valence-electron chi connectivity index (χ4n) is 3.18. The van der Waals surface area contributed by atoms with Gasteiger partial charge in [-0.2, -0.15) is 0 Å². The molecule has 1 N–H and O–H groups in total. The van der Waals surface area contributed by atoms with Crippen molar-refractivity contribution in [3.63, 3.8) is 0 Å². The highest BCUT2D eigenvalue weighted by Gasteiger charge is 2.22. The van der Waals surface area contributed by atoms with E-state index in [1.807, 2.05) is 0 Å². The first-order valence-electron chi connectivity index (χ1n) is 7.97. The molecule has 21 heavy (non-hydrogen) atoms. The molecular weight excluding hydrogens is 260 g/mol. The van der Waals surface area contributed by atoms with Gasteiger partial charge >= 0.3 is 0 Å². The van der Waals surface area contributed by atoms with E-state index in [1.165, 1.54) is 29.7 Å². The maximum Gasteiger partial charge on any atom is 0.114 e. The third-order valence-corrected chi connectivity index (χ3v) is 4.37. The van der Waals surface area contributed by atoms with Crippen molar-refractivity contribution < 1.29 is 0 Å². The van der Waals surface area contributed by atoms with Gasteiger partial charge in [0.1, 0.15) is 5.82 Å². The number of imidazole rings is 1. The molecule has 0 bridgehead atoms. The second kappa shape index (κ2) is 6.16. The van der Waals surface area contributed by atoms with Crippen LogP contribution in [-0.2, 0) is 6.54 Å². The normalized spacial score (nSPS) is 19.5. The summed E-state index contributed by atoms with van der Waals surface area (Å²) in [6.45, 7) is 6.41. The van der Waals surface area contributed by atoms with Crippen LogP contribution in [0.4, 0.5) is 0 Å². The fourth-order valence-corrected chi connectivity index (χ4v) is 3.18. The van der Waals surface area contributed by atoms with Gasteiger partial charge in [0.2, 0.25) is 0 Å². The number of hydrogen-bond donors (Lipinski definition) is 1. The first-order chi connectivity index (χ1) is 10.1. The zero-order chi connectivity index (χ0) is 14.8. The largest absolute Gasteiger partial charge is 0.326 e. The molecule has 1 aliphatic heterocycles. The SMILES string of the molecule is Cc1ccc2c(c1)nc(C1CCCNC1)n2CCN(C)C. The molecule has 1 aliphatic rings. The van der Waals surface area contributed by atoms with Gasteiger partial charge in [-0.1, -0.05) is 6.07 Å². The first kappa shape index (κ1) is 14.5. The van der Waals surface area contributed by atoms with Gasteiger partial charge in [0.25, 0.3) is 0 Å². The molecule has 4 nitrogen and oxygen atoms in total. The molecule has 114 valence electrons. The van der Waals surface area contributed by atoms with E-state index >= 15 is 0 Å². The van der Waals surface area contributed by atoms with E-state index in [0.29, 0.717) is 5.92 Å². The number of aryl methyl sites for hydroxylation is 1. The maximum atomic E-state index is 4.98. The average Bonchev–Trinajstić information content (AvgIpc) is 2.83. The fraction of sp³-hybridized carbons (Fsp3) is 0.588. The van der Waals surface area contributed by atoms with Gasteiger partial charge in [0, 0.05) is 25.6 Å². The molecule has 1 fully saturated rings. The van der Waals surface area contributed by atoms with Crippen molar-refractivity contribution in [2.75, 3.05) is 33.7 Å². The molecule has 0 aliphatic carbocycles. The minimum atomic E-state index is 0.550. The molecule has 4 heteroatoms. The van der Waals surface area contributed by atoms with Crippen LogP contribution >= 0.6 is 0 Å². The number of likely N-dealkylation sites (N-methyl/N-ethyl adjacent to an activating group) is 1. The monoisotopic (exact) mass is 286 g/mol. The molecule has 0 amide bonds. The maximum absolute atomic E-state index is 4.98. The number of aromatic nitrogens is 2. The van der Waals surface area contributed by atoms with Gasteiger partial charge in [-0.15, -0.1) is 0 Å². The van der Waals surface area contributed by atoms with E-state index < -0.39 is 0 Å². The second-order valence-corrected chi connectivity index (χ2v) is 6.46. The molecule has 3 rings (SSSR count). The van der Waals surface area contributed by atoms with Gasteiger partial charge in [-0.3, -0.25) is 0 Å². The lowest BCUT2D eigenvalue weighted by Gasteiger charge is -2.24. The van der Waals surface area contributed by atoms with Crippen molar-refractivity contribution in [3.8, 4) is 0 Å². The number of hydrogen-bond acceptors (Lipinski definition) is 3. The number of nitrogens with one attached hydrogen (secondary N) is 1. The van der Waals surface area contributed by atoms with Crippen LogP contribution in [0.2, 0.25) is 0 Å². The summed E-state index contributed by atoms with van der Waals surface area (Å²) >= 11 is 0. The van der Waals surface area contributed by atoms with Crippen molar-refractivity contribution in [3.05, 3.63) is 29.6 Å². The predicted octanol–water partition coefficient (Wildman–Crippen LogP) is 2.37. The topological polar surface area (TPSA) is 33.1 Å². The number of nitrogens with zero attached hydrogens (tertiary/aromatic N) is 3. The lowest BCUT2D eigenvalue weighted by Crippen LogP contribution is -2.30. The predicted molar refractivity (Wildman–Crippen MR) is 87.9 cm³/mol. The van der Waals surface area contributed by atoms with Crippen molar-refractivity contribution in [1.29, 1.82) is 0 Å². The van der Waals surface area contributed by atoms with E-state index in [4.69, 9.17) is 4.98 Å². The highest BCUT2D eigenvalue weighted by Crippen LogP contribution is 2.27. The van der Waals surface area contributed by atoms with Crippen molar-refractivity contribution in [2.24, 2.45) is 0 Å². The van der Waals surface area contributed by atoms with E-state index in [-0.39, 0.29) is 0 Å². The van der Waals surface area contributed by atoms with Crippen molar-refractivity contribution in [1.82, 2.24) is 19.8 Å². The van der Waals surface area contributed by atoms with Crippen LogP contribution in [0.15, 0.2) is 18.2 Å². The number of fused-ring (bicyclic) bond motifs is 1. The Morgan fingerprint density at radius 2 is 2.24 bits per heavy atom. The first-order valence-corrected chi connectivity index (χ1v) is 7.97. The van der Waals surface area contributed by atoms with E-state index in [2.05, 4.69) is 54.0 Å². The summed E-state index contributed by atoms with van der Waals surface area (Å²) in [4.78, 5) is 7.22. The second-order valence-electron chi connectivity index (χ2n) is 6.46. The molecule has 0 saturated carbocycles. The van der Waals surface area contributed by atoms with Gasteiger partial charge in [0.05, 0.1) is 11.0 Å². The molecule has 1 aromatic heterocycles. The quantitative estimate of drug-likeness (QED) is 0.937. The third-order valence-electron chi connectivity index (χ3n) is 4.37. The Morgan fingerprint density at radius 1 is 1.38 bits per heavy atom. The Balaban J connectivity index is 2.00. The minimum Gasteiger partial charge on any atom is -0.326 e. The van der Waals surface area contributed by atoms with Crippen LogP contribution in [0.25, 0.3) is 11.0 Å². The molecule has 1 atom stereocenters. The number of piperidine rings is 1. The van der Waals surface area contributed by atoms with Gasteiger partial charge in [-0.25, -0.2) is 4.98 Å². The van der Waals surface area contributed by atoms with Crippen LogP contribution < -0.4 is 5.32 Å². The molecular formula is C17H26N4. The molecule has 2 aromatic rings. The summed E-state index contributed by atoms with van der Waals surface area (Å²) in [5, 5.41) is 3.52. The standard InChI is InChI=1S/C17H26N4/c1-13-6-7-16-15(11-13)19-17(14-5-4-8-18-12-14)21(16)10-9-20(2)3/h6-7,11,14,18H,4-5,8-10,12H2,1-3H3. The lowest BCUT2D eigenvalue weighted by molar-refractivity contribution is 0.373. The zero-order valence-corrected chi connectivity index (χ0v) is 13.4. The molecule has 0 spiro atoms. The molecule has 2 heterocycles. The zero-order valence-electron chi connectivity index (χ0n) is 13.4. The summed E-state index contributed by atoms with van der Waals surface area (Å²) in [5.41, 5.74) is 3.71. The highest BCUT2D eigenvalue weighted by atomic mass is 15.1. The average molecular weight is 286 g/mol. The van der Waals surface area contributed by atoms with Crippen LogP contribution in [0.5, 0.6) is 0 Å². The summed E-state index contributed by atoms with van der Waals surface area (Å²) in [6, 6.07) is 6.63. The van der Waals surface area contributed by atoms with Gasteiger partial charge < -0.3 is 14.8 Å². The van der Waals surface area contributed by atoms with E-state index in [9.17, 15) is 0 Å². The summed E-state index contributed by atoms with van der Waals surface area (Å²) < 4.78 is 2.44. The minimum absolute atomic E-state index is 0.550. The highest BCUT2D eigenvalue weighted by molar-refractivity contribution is 5.77. The van der Waals surface area contributed by atoms with E-state index in [1.54, 1.807) is 0 Å². The van der Waals surface area contributed by atoms with Crippen LogP contribution in [0, 0.1) is 6.92 Å². The van der Waals surface area contributed by atoms with Crippen LogP contribution in [-0.4, -0.2) is 48.2 Å². The lowest BCUT2D eigenvalue weighted by atomic mass is 9.99. The smallest absolute Gasteiger partial charge is 0.114 e. The Bertz CT molecular complexity index is 609. The Morgan fingerprint density at radius 3 is 2.95 bits per heavy atom. The van der Waals surface area contributed by atoms with Crippen molar-refractivity contribution >= 4 is 11.0 Å². The van der Waals surface area contributed by atoms with Crippen molar-refractivity contribution in [2.45, 2.75) is 32.2 Å².